The smallest absolute Gasteiger partial charge is 0.144 e. The van der Waals surface area contributed by atoms with Gasteiger partial charge in [0.1, 0.15) is 11.6 Å². The topological polar surface area (TPSA) is 43.4 Å². The molecule has 3 nitrogen and oxygen atoms in total. The van der Waals surface area contributed by atoms with Gasteiger partial charge in [0.05, 0.1) is 13.2 Å². The van der Waals surface area contributed by atoms with Gasteiger partial charge in [-0.1, -0.05) is 0 Å². The van der Waals surface area contributed by atoms with E-state index in [1.807, 2.05) is 0 Å². The second-order valence-electron chi connectivity index (χ2n) is 3.62. The van der Waals surface area contributed by atoms with Crippen LogP contribution in [-0.4, -0.2) is 24.8 Å². The van der Waals surface area contributed by atoms with E-state index in [2.05, 4.69) is 0 Å². The molecule has 0 amide bonds. The Morgan fingerprint density at radius 1 is 1.17 bits per heavy atom. The van der Waals surface area contributed by atoms with Gasteiger partial charge < -0.3 is 4.74 Å². The van der Waals surface area contributed by atoms with Crippen molar-refractivity contribution < 1.29 is 14.3 Å². The van der Waals surface area contributed by atoms with E-state index < -0.39 is 0 Å². The van der Waals surface area contributed by atoms with Crippen LogP contribution in [-0.2, 0) is 14.3 Å². The summed E-state index contributed by atoms with van der Waals surface area (Å²) in [5.74, 6) is 0.363. The normalized spacial score (nSPS) is 36.3. The zero-order chi connectivity index (χ0) is 8.55. The first-order chi connectivity index (χ1) is 5.77. The summed E-state index contributed by atoms with van der Waals surface area (Å²) < 4.78 is 5.26. The maximum Gasteiger partial charge on any atom is 0.144 e. The van der Waals surface area contributed by atoms with Crippen LogP contribution < -0.4 is 0 Å². The van der Waals surface area contributed by atoms with Gasteiger partial charge in [-0.15, -0.1) is 0 Å². The van der Waals surface area contributed by atoms with Crippen LogP contribution in [0.25, 0.3) is 0 Å². The highest BCUT2D eigenvalue weighted by molar-refractivity contribution is 5.92. The molecule has 1 saturated heterocycles. The van der Waals surface area contributed by atoms with Gasteiger partial charge in [-0.25, -0.2) is 0 Å². The van der Waals surface area contributed by atoms with Crippen molar-refractivity contribution in [3.8, 4) is 0 Å². The van der Waals surface area contributed by atoms with Crippen LogP contribution in [0, 0.1) is 11.8 Å². The lowest BCUT2D eigenvalue weighted by molar-refractivity contribution is -0.137. The first-order valence-corrected chi connectivity index (χ1v) is 4.40. The highest BCUT2D eigenvalue weighted by atomic mass is 16.5. The number of ketones is 2. The van der Waals surface area contributed by atoms with Gasteiger partial charge in [0.2, 0.25) is 0 Å². The SMILES string of the molecule is O=C1CCC2COCC(C1)C2=O. The van der Waals surface area contributed by atoms with E-state index in [-0.39, 0.29) is 23.4 Å². The van der Waals surface area contributed by atoms with Gasteiger partial charge in [0.15, 0.2) is 0 Å². The molecule has 0 radical (unpaired) electrons. The number of hydrogen-bond acceptors (Lipinski definition) is 3. The quantitative estimate of drug-likeness (QED) is 0.531. The molecule has 0 aromatic rings. The Morgan fingerprint density at radius 3 is 2.75 bits per heavy atom. The van der Waals surface area contributed by atoms with Crippen molar-refractivity contribution in [3.05, 3.63) is 0 Å². The molecule has 12 heavy (non-hydrogen) atoms. The molecule has 2 aliphatic rings. The van der Waals surface area contributed by atoms with E-state index in [0.717, 1.165) is 0 Å². The van der Waals surface area contributed by atoms with Crippen molar-refractivity contribution >= 4 is 11.6 Å². The third-order valence-corrected chi connectivity index (χ3v) is 2.69. The molecule has 2 atom stereocenters. The Morgan fingerprint density at radius 2 is 1.92 bits per heavy atom. The minimum atomic E-state index is -0.126. The molecule has 0 N–H and O–H groups in total. The van der Waals surface area contributed by atoms with Gasteiger partial charge in [-0.3, -0.25) is 9.59 Å². The molecule has 0 spiro atoms. The molecule has 66 valence electrons. The zero-order valence-electron chi connectivity index (χ0n) is 6.91. The Kier molecular flexibility index (Phi) is 1.97. The molecule has 1 aliphatic heterocycles. The number of carbonyl (C=O) groups is 2. The molecular formula is C9H12O3. The van der Waals surface area contributed by atoms with Gasteiger partial charge in [0, 0.05) is 24.7 Å². The van der Waals surface area contributed by atoms with E-state index in [0.29, 0.717) is 32.5 Å². The Labute approximate surface area is 71.1 Å². The summed E-state index contributed by atoms with van der Waals surface area (Å²) >= 11 is 0. The van der Waals surface area contributed by atoms with Crippen LogP contribution >= 0.6 is 0 Å². The van der Waals surface area contributed by atoms with Crippen LogP contribution in [0.1, 0.15) is 19.3 Å². The van der Waals surface area contributed by atoms with Crippen molar-refractivity contribution in [2.75, 3.05) is 13.2 Å². The first kappa shape index (κ1) is 7.92. The Hall–Kier alpha value is -0.700. The molecule has 1 heterocycles. The zero-order valence-corrected chi connectivity index (χ0v) is 6.91. The summed E-state index contributed by atoms with van der Waals surface area (Å²) in [6.07, 6.45) is 1.68. The molecule has 2 rings (SSSR count). The van der Waals surface area contributed by atoms with E-state index >= 15 is 0 Å². The van der Waals surface area contributed by atoms with E-state index in [1.165, 1.54) is 0 Å². The van der Waals surface area contributed by atoms with Crippen LogP contribution in [0.2, 0.25) is 0 Å². The van der Waals surface area contributed by atoms with Crippen molar-refractivity contribution in [1.82, 2.24) is 0 Å². The van der Waals surface area contributed by atoms with E-state index in [1.54, 1.807) is 0 Å². The molecule has 3 heteroatoms. The molecule has 2 bridgehead atoms. The van der Waals surface area contributed by atoms with Crippen molar-refractivity contribution in [3.63, 3.8) is 0 Å². The highest BCUT2D eigenvalue weighted by Crippen LogP contribution is 2.26. The van der Waals surface area contributed by atoms with Crippen LogP contribution in [0.3, 0.4) is 0 Å². The van der Waals surface area contributed by atoms with Gasteiger partial charge in [-0.05, 0) is 6.42 Å². The summed E-state index contributed by atoms with van der Waals surface area (Å²) in [4.78, 5) is 22.7. The lowest BCUT2D eigenvalue weighted by Gasteiger charge is -2.24. The van der Waals surface area contributed by atoms with Crippen molar-refractivity contribution in [2.45, 2.75) is 19.3 Å². The number of carbonyl (C=O) groups excluding carboxylic acids is 2. The molecule has 0 aromatic heterocycles. The molecule has 0 aromatic carbocycles. The third kappa shape index (κ3) is 1.29. The lowest BCUT2D eigenvalue weighted by Crippen LogP contribution is -2.34. The first-order valence-electron chi connectivity index (χ1n) is 4.40. The van der Waals surface area contributed by atoms with Gasteiger partial charge >= 0.3 is 0 Å². The van der Waals surface area contributed by atoms with Crippen LogP contribution in [0.5, 0.6) is 0 Å². The lowest BCUT2D eigenvalue weighted by atomic mass is 9.90. The summed E-state index contributed by atoms with van der Waals surface area (Å²) in [5, 5.41) is 0. The summed E-state index contributed by atoms with van der Waals surface area (Å²) in [6.45, 7) is 0.990. The van der Waals surface area contributed by atoms with Crippen molar-refractivity contribution in [1.29, 1.82) is 0 Å². The highest BCUT2D eigenvalue weighted by Gasteiger charge is 2.35. The Balaban J connectivity index is 2.18. The van der Waals surface area contributed by atoms with E-state index in [4.69, 9.17) is 4.74 Å². The summed E-state index contributed by atoms with van der Waals surface area (Å²) in [6, 6.07) is 0. The minimum absolute atomic E-state index is 0.00944. The molecule has 1 saturated carbocycles. The fourth-order valence-electron chi connectivity index (χ4n) is 1.95. The van der Waals surface area contributed by atoms with Crippen LogP contribution in [0.4, 0.5) is 0 Å². The van der Waals surface area contributed by atoms with Crippen molar-refractivity contribution in [2.24, 2.45) is 11.8 Å². The maximum atomic E-state index is 11.5. The summed E-state index contributed by atoms with van der Waals surface area (Å²) in [7, 11) is 0. The predicted octanol–water partition coefficient (Wildman–Crippen LogP) is 0.571. The minimum Gasteiger partial charge on any atom is -0.380 e. The number of hydrogen-bond donors (Lipinski definition) is 0. The summed E-state index contributed by atoms with van der Waals surface area (Å²) in [5.41, 5.74) is 0. The number of ether oxygens (including phenoxy) is 1. The van der Waals surface area contributed by atoms with Gasteiger partial charge in [-0.2, -0.15) is 0 Å². The molecular weight excluding hydrogens is 156 g/mol. The average molecular weight is 168 g/mol. The number of fused-ring (bicyclic) bond motifs is 2. The monoisotopic (exact) mass is 168 g/mol. The Bertz CT molecular complexity index is 222. The standard InChI is InChI=1S/C9H12O3/c10-8-2-1-6-4-12-5-7(3-8)9(6)11/h6-7H,1-5H2. The third-order valence-electron chi connectivity index (χ3n) is 2.69. The predicted molar refractivity (Wildman–Crippen MR) is 41.7 cm³/mol. The fourth-order valence-corrected chi connectivity index (χ4v) is 1.95. The fraction of sp³-hybridized carbons (Fsp3) is 0.778. The molecule has 1 aliphatic carbocycles. The second-order valence-corrected chi connectivity index (χ2v) is 3.62. The molecule has 2 fully saturated rings. The van der Waals surface area contributed by atoms with Crippen LogP contribution in [0.15, 0.2) is 0 Å². The number of Topliss-reactive ketones (excluding diaryl/α,β-unsaturated/α-hetero) is 2. The molecule has 2 unspecified atom stereocenters. The van der Waals surface area contributed by atoms with E-state index in [9.17, 15) is 9.59 Å². The second kappa shape index (κ2) is 2.98. The average Bonchev–Trinajstić information content (AvgIpc) is 2.17. The number of rotatable bonds is 0. The van der Waals surface area contributed by atoms with Gasteiger partial charge in [0.25, 0.3) is 0 Å². The maximum absolute atomic E-state index is 11.5. The largest absolute Gasteiger partial charge is 0.380 e.